The monoisotopic (exact) mass is 494 g/mol. The predicted molar refractivity (Wildman–Crippen MR) is 91.4 cm³/mol. The molecular weight excluding hydrogens is 462 g/mol. The predicted octanol–water partition coefficient (Wildman–Crippen LogP) is 4.81. The number of carbonyl (C=O) groups excluding carboxylic acids is 1. The number of rotatable bonds is 6. The third kappa shape index (κ3) is 26.1. The van der Waals surface area contributed by atoms with E-state index in [1.54, 1.807) is 0 Å². The molecule has 0 fully saturated rings. The van der Waals surface area contributed by atoms with Gasteiger partial charge < -0.3 is 16.4 Å². The second kappa shape index (κ2) is 26.9. The zero-order chi connectivity index (χ0) is 14.1. The summed E-state index contributed by atoms with van der Waals surface area (Å²) in [6.45, 7) is 13.8. The van der Waals surface area contributed by atoms with E-state index in [1.165, 1.54) is 37.0 Å². The molecule has 0 aromatic rings. The van der Waals surface area contributed by atoms with Gasteiger partial charge in [-0.25, -0.2) is 0 Å². The van der Waals surface area contributed by atoms with E-state index in [4.69, 9.17) is 4.79 Å². The molecule has 0 aliphatic carbocycles. The molecule has 1 radical (unpaired) electrons. The smallest absolute Gasteiger partial charge is 0.0543 e. The minimum atomic E-state index is 0. The van der Waals surface area contributed by atoms with Crippen molar-refractivity contribution in [3.8, 4) is 0 Å². The molecule has 0 amide bonds. The molecule has 18 heavy (non-hydrogen) atoms. The first-order valence-corrected chi connectivity index (χ1v) is 11.4. The third-order valence-electron chi connectivity index (χ3n) is 3.00. The van der Waals surface area contributed by atoms with Crippen molar-refractivity contribution in [1.82, 2.24) is 0 Å². The quantitative estimate of drug-likeness (QED) is 0.295. The van der Waals surface area contributed by atoms with Crippen LogP contribution >= 0.6 is 27.4 Å². The fourth-order valence-corrected chi connectivity index (χ4v) is 4.50. The van der Waals surface area contributed by atoms with Crippen LogP contribution in [0.2, 0.25) is 0 Å². The van der Waals surface area contributed by atoms with E-state index >= 15 is 0 Å². The molecule has 0 unspecified atom stereocenters. The van der Waals surface area contributed by atoms with Gasteiger partial charge in [0, 0.05) is 20.1 Å². The Bertz CT molecular complexity index is 109. The first kappa shape index (κ1) is 27.8. The SMILES string of the molecule is CC[PH+](CC)CC.CC[PH+](CC)CC.O=[C-]Cl.[Ir]. The van der Waals surface area contributed by atoms with Crippen molar-refractivity contribution in [3.63, 3.8) is 0 Å². The van der Waals surface area contributed by atoms with Gasteiger partial charge >= 0.3 is 0 Å². The summed E-state index contributed by atoms with van der Waals surface area (Å²) in [5.74, 6) is 0.972. The topological polar surface area (TPSA) is 17.1 Å². The Balaban J connectivity index is -0.0000000857. The largest absolute Gasteiger partial charge is 0.525 e. The van der Waals surface area contributed by atoms with Crippen molar-refractivity contribution < 1.29 is 24.9 Å². The van der Waals surface area contributed by atoms with Crippen LogP contribution in [0.3, 0.4) is 0 Å². The van der Waals surface area contributed by atoms with E-state index in [0.29, 0.717) is 0 Å². The van der Waals surface area contributed by atoms with Crippen LogP contribution in [0, 0.1) is 0 Å². The molecular formula is C13H32ClIrOP2+. The van der Waals surface area contributed by atoms with Gasteiger partial charge in [0.15, 0.2) is 0 Å². The molecule has 0 aromatic heterocycles. The summed E-state index contributed by atoms with van der Waals surface area (Å²) in [6, 6.07) is 0. The molecule has 5 heteroatoms. The zero-order valence-electron chi connectivity index (χ0n) is 12.9. The summed E-state index contributed by atoms with van der Waals surface area (Å²) in [7, 11) is 0.275. The van der Waals surface area contributed by atoms with Gasteiger partial charge in [-0.15, -0.1) is 0 Å². The van der Waals surface area contributed by atoms with Crippen LogP contribution in [0.15, 0.2) is 0 Å². The number of hydrogen-bond acceptors (Lipinski definition) is 1. The van der Waals surface area contributed by atoms with Gasteiger partial charge in [-0.2, -0.15) is 5.75 Å². The van der Waals surface area contributed by atoms with Gasteiger partial charge in [0.1, 0.15) is 0 Å². The summed E-state index contributed by atoms with van der Waals surface area (Å²) in [6.07, 6.45) is 8.74. The Labute approximate surface area is 136 Å². The Morgan fingerprint density at radius 1 is 0.722 bits per heavy atom. The molecule has 115 valence electrons. The van der Waals surface area contributed by atoms with Crippen LogP contribution in [0.1, 0.15) is 41.5 Å². The Kier molecular flexibility index (Phi) is 41.5. The maximum Gasteiger partial charge on any atom is 0.0543 e. The second-order valence-electron chi connectivity index (χ2n) is 3.70. The van der Waals surface area contributed by atoms with E-state index in [1.807, 2.05) is 0 Å². The summed E-state index contributed by atoms with van der Waals surface area (Å²) in [4.78, 5) is 8.45. The minimum absolute atomic E-state index is 0. The van der Waals surface area contributed by atoms with Crippen molar-refractivity contribution >= 4 is 33.2 Å². The molecule has 0 aliphatic rings. The van der Waals surface area contributed by atoms with Crippen molar-refractivity contribution in [2.24, 2.45) is 0 Å². The van der Waals surface area contributed by atoms with E-state index in [0.717, 1.165) is 5.75 Å². The Morgan fingerprint density at radius 3 is 0.833 bits per heavy atom. The minimum Gasteiger partial charge on any atom is -0.525 e. The second-order valence-corrected chi connectivity index (χ2v) is 11.1. The molecule has 0 atom stereocenters. The van der Waals surface area contributed by atoms with Crippen LogP contribution < -0.4 is 0 Å². The molecule has 0 bridgehead atoms. The van der Waals surface area contributed by atoms with Crippen LogP contribution in [-0.2, 0) is 24.9 Å². The molecule has 0 rings (SSSR count). The third-order valence-corrected chi connectivity index (χ3v) is 9.00. The average molecular weight is 494 g/mol. The maximum atomic E-state index is 8.45. The maximum absolute atomic E-state index is 8.45. The fraction of sp³-hybridized carbons (Fsp3) is 0.923. The molecule has 0 aromatic carbocycles. The molecule has 0 spiro atoms. The van der Waals surface area contributed by atoms with Crippen LogP contribution in [0.4, 0.5) is 0 Å². The van der Waals surface area contributed by atoms with Gasteiger partial charge in [0.2, 0.25) is 0 Å². The summed E-state index contributed by atoms with van der Waals surface area (Å²) in [5.41, 5.74) is 0. The Hall–Kier alpha value is 1.47. The summed E-state index contributed by atoms with van der Waals surface area (Å²) >= 11 is 4.19. The van der Waals surface area contributed by atoms with E-state index in [2.05, 4.69) is 53.1 Å². The van der Waals surface area contributed by atoms with Gasteiger partial charge in [-0.1, -0.05) is 0 Å². The number of halogens is 1. The van der Waals surface area contributed by atoms with Gasteiger partial charge in [-0.05, 0) is 57.4 Å². The molecule has 0 saturated heterocycles. The van der Waals surface area contributed by atoms with Crippen LogP contribution in [0.5, 0.6) is 0 Å². The van der Waals surface area contributed by atoms with E-state index in [9.17, 15) is 0 Å². The molecule has 0 heterocycles. The average Bonchev–Trinajstić information content (AvgIpc) is 2.35. The van der Waals surface area contributed by atoms with Crippen molar-refractivity contribution in [2.75, 3.05) is 37.0 Å². The molecule has 0 N–H and O–H groups in total. The van der Waals surface area contributed by atoms with Crippen molar-refractivity contribution in [2.45, 2.75) is 41.5 Å². The fourth-order valence-electron chi connectivity index (χ4n) is 1.50. The molecule has 0 saturated carbocycles. The number of hydrogen-bond donors (Lipinski definition) is 0. The summed E-state index contributed by atoms with van der Waals surface area (Å²) in [5, 5.41) is 0. The van der Waals surface area contributed by atoms with Crippen molar-refractivity contribution in [3.05, 3.63) is 0 Å². The first-order chi connectivity index (χ1) is 8.11. The van der Waals surface area contributed by atoms with Crippen LogP contribution in [-0.4, -0.2) is 42.7 Å². The zero-order valence-corrected chi connectivity index (χ0v) is 18.0. The van der Waals surface area contributed by atoms with Crippen LogP contribution in [0.25, 0.3) is 0 Å². The van der Waals surface area contributed by atoms with Crippen molar-refractivity contribution in [1.29, 1.82) is 0 Å². The molecule has 0 aliphatic heterocycles. The van der Waals surface area contributed by atoms with Gasteiger partial charge in [-0.3, -0.25) is 0 Å². The van der Waals surface area contributed by atoms with E-state index < -0.39 is 0 Å². The van der Waals surface area contributed by atoms with E-state index in [-0.39, 0.29) is 35.9 Å². The standard InChI is InChI=1S/2C6H15P.CClO.Ir/c2*1-4-7(5-2)6-3;2-1-3;/h2*4-6H2,1-3H3;;/q;;-1;/p+2. The van der Waals surface area contributed by atoms with Gasteiger partial charge in [0.25, 0.3) is 0 Å². The normalized spacial score (nSPS) is 8.72. The molecule has 1 nitrogen and oxygen atoms in total. The Morgan fingerprint density at radius 2 is 0.833 bits per heavy atom. The first-order valence-electron chi connectivity index (χ1n) is 6.76. The van der Waals surface area contributed by atoms with Gasteiger partial charge in [0.05, 0.1) is 37.0 Å². The summed E-state index contributed by atoms with van der Waals surface area (Å²) < 4.78 is 0.